The van der Waals surface area contributed by atoms with Gasteiger partial charge in [0.1, 0.15) is 28.8 Å². The number of sulfonamides is 1. The monoisotopic (exact) mass is 423 g/mol. The van der Waals surface area contributed by atoms with Gasteiger partial charge in [-0.25, -0.2) is 13.4 Å². The smallest absolute Gasteiger partial charge is 0.246 e. The van der Waals surface area contributed by atoms with Crippen molar-refractivity contribution in [1.82, 2.24) is 13.9 Å². The average molecular weight is 424 g/mol. The molecule has 160 valence electrons. The summed E-state index contributed by atoms with van der Waals surface area (Å²) in [5.74, 6) is 1.86. The van der Waals surface area contributed by atoms with Crippen molar-refractivity contribution in [3.05, 3.63) is 35.9 Å². The minimum atomic E-state index is -3.70. The number of hydrogen-bond donors (Lipinski definition) is 0. The normalized spacial score (nSPS) is 18.0. The number of hydrogen-bond acceptors (Lipinski definition) is 6. The summed E-state index contributed by atoms with van der Waals surface area (Å²) in [6, 6.07) is 4.84. The molecule has 1 fully saturated rings. The average Bonchev–Trinajstić information content (AvgIpc) is 3.07. The van der Waals surface area contributed by atoms with Gasteiger partial charge in [-0.15, -0.1) is 0 Å². The van der Waals surface area contributed by atoms with E-state index in [1.54, 1.807) is 23.5 Å². The van der Waals surface area contributed by atoms with E-state index in [2.05, 4.69) is 9.55 Å². The molecule has 1 aromatic carbocycles. The fourth-order valence-corrected chi connectivity index (χ4v) is 5.51. The fraction of sp³-hybridized carbons (Fsp3) is 0.550. The standard InChI is InChI=1S/C20H29N3O5S/c1-15-11-21-20(14-26-2)23(15)13-16-6-5-9-22(12-16)29(24,25)19-10-17(27-3)7-8-18(19)28-4/h7-8,10-11,16H,5-6,9,12-14H2,1-4H3. The quantitative estimate of drug-likeness (QED) is 0.649. The van der Waals surface area contributed by atoms with Gasteiger partial charge >= 0.3 is 0 Å². The third kappa shape index (κ3) is 4.57. The minimum absolute atomic E-state index is 0.138. The zero-order valence-corrected chi connectivity index (χ0v) is 18.2. The van der Waals surface area contributed by atoms with E-state index in [1.165, 1.54) is 20.3 Å². The van der Waals surface area contributed by atoms with Crippen molar-refractivity contribution in [3.63, 3.8) is 0 Å². The summed E-state index contributed by atoms with van der Waals surface area (Å²) >= 11 is 0. The van der Waals surface area contributed by atoms with Crippen LogP contribution in [-0.2, 0) is 27.9 Å². The zero-order chi connectivity index (χ0) is 21.0. The summed E-state index contributed by atoms with van der Waals surface area (Å²) in [4.78, 5) is 4.54. The molecule has 0 spiro atoms. The van der Waals surface area contributed by atoms with Crippen molar-refractivity contribution >= 4 is 10.0 Å². The molecule has 3 rings (SSSR count). The predicted octanol–water partition coefficient (Wildman–Crippen LogP) is 2.46. The van der Waals surface area contributed by atoms with Gasteiger partial charge in [-0.1, -0.05) is 0 Å². The number of imidazole rings is 1. The highest BCUT2D eigenvalue weighted by Gasteiger charge is 2.33. The number of benzene rings is 1. The lowest BCUT2D eigenvalue weighted by Gasteiger charge is -2.33. The molecule has 0 bridgehead atoms. The SMILES string of the molecule is COCc1ncc(C)n1CC1CCCN(S(=O)(=O)c2cc(OC)ccc2OC)C1. The first-order chi connectivity index (χ1) is 13.9. The zero-order valence-electron chi connectivity index (χ0n) is 17.4. The number of aromatic nitrogens is 2. The number of aryl methyl sites for hydroxylation is 1. The fourth-order valence-electron chi connectivity index (χ4n) is 3.78. The first kappa shape index (κ1) is 21.6. The molecule has 0 N–H and O–H groups in total. The Morgan fingerprint density at radius 1 is 1.21 bits per heavy atom. The molecule has 0 radical (unpaired) electrons. The van der Waals surface area contributed by atoms with Gasteiger partial charge < -0.3 is 18.8 Å². The summed E-state index contributed by atoms with van der Waals surface area (Å²) in [6.45, 7) is 4.10. The molecule has 9 heteroatoms. The minimum Gasteiger partial charge on any atom is -0.497 e. The number of methoxy groups -OCH3 is 3. The van der Waals surface area contributed by atoms with E-state index in [4.69, 9.17) is 14.2 Å². The topological polar surface area (TPSA) is 82.9 Å². The van der Waals surface area contributed by atoms with E-state index in [1.807, 2.05) is 13.1 Å². The molecule has 1 saturated heterocycles. The highest BCUT2D eigenvalue weighted by Crippen LogP contribution is 2.33. The van der Waals surface area contributed by atoms with Crippen LogP contribution in [0.25, 0.3) is 0 Å². The van der Waals surface area contributed by atoms with Crippen molar-refractivity contribution in [3.8, 4) is 11.5 Å². The summed E-state index contributed by atoms with van der Waals surface area (Å²) in [6.07, 6.45) is 3.60. The van der Waals surface area contributed by atoms with Crippen LogP contribution in [0.2, 0.25) is 0 Å². The molecule has 29 heavy (non-hydrogen) atoms. The highest BCUT2D eigenvalue weighted by atomic mass is 32.2. The van der Waals surface area contributed by atoms with Gasteiger partial charge in [-0.05, 0) is 37.8 Å². The van der Waals surface area contributed by atoms with Crippen LogP contribution in [0.1, 0.15) is 24.4 Å². The number of rotatable bonds is 8. The Balaban J connectivity index is 1.83. The first-order valence-electron chi connectivity index (χ1n) is 9.62. The Bertz CT molecular complexity index is 942. The summed E-state index contributed by atoms with van der Waals surface area (Å²) in [7, 11) is 0.928. The van der Waals surface area contributed by atoms with Gasteiger partial charge in [0.05, 0.1) is 14.2 Å². The second-order valence-corrected chi connectivity index (χ2v) is 9.15. The van der Waals surface area contributed by atoms with E-state index in [0.29, 0.717) is 37.7 Å². The lowest BCUT2D eigenvalue weighted by molar-refractivity contribution is 0.169. The van der Waals surface area contributed by atoms with Crippen molar-refractivity contribution in [2.45, 2.75) is 37.8 Å². The molecule has 1 aliphatic heterocycles. The molecular formula is C20H29N3O5S. The second kappa shape index (κ2) is 9.15. The van der Waals surface area contributed by atoms with Gasteiger partial charge in [0.2, 0.25) is 10.0 Å². The van der Waals surface area contributed by atoms with Gasteiger partial charge in [0.15, 0.2) is 0 Å². The molecule has 2 aromatic rings. The Morgan fingerprint density at radius 3 is 2.69 bits per heavy atom. The van der Waals surface area contributed by atoms with Gasteiger partial charge in [-0.2, -0.15) is 4.31 Å². The van der Waals surface area contributed by atoms with E-state index >= 15 is 0 Å². The third-order valence-corrected chi connectivity index (χ3v) is 7.21. The third-order valence-electron chi connectivity index (χ3n) is 5.32. The molecule has 8 nitrogen and oxygen atoms in total. The molecule has 1 aliphatic rings. The van der Waals surface area contributed by atoms with Gasteiger partial charge in [0, 0.05) is 44.7 Å². The van der Waals surface area contributed by atoms with Crippen LogP contribution >= 0.6 is 0 Å². The first-order valence-corrected chi connectivity index (χ1v) is 11.1. The molecular weight excluding hydrogens is 394 g/mol. The molecule has 1 aromatic heterocycles. The second-order valence-electron chi connectivity index (χ2n) is 7.25. The highest BCUT2D eigenvalue weighted by molar-refractivity contribution is 7.89. The number of piperidine rings is 1. The van der Waals surface area contributed by atoms with Gasteiger partial charge in [0.25, 0.3) is 0 Å². The van der Waals surface area contributed by atoms with E-state index in [0.717, 1.165) is 24.4 Å². The largest absolute Gasteiger partial charge is 0.497 e. The van der Waals surface area contributed by atoms with Crippen LogP contribution in [0, 0.1) is 12.8 Å². The lowest BCUT2D eigenvalue weighted by Crippen LogP contribution is -2.41. The van der Waals surface area contributed by atoms with Crippen molar-refractivity contribution in [1.29, 1.82) is 0 Å². The summed E-state index contributed by atoms with van der Waals surface area (Å²) in [5, 5.41) is 0. The predicted molar refractivity (Wildman–Crippen MR) is 109 cm³/mol. The number of nitrogens with zero attached hydrogens (tertiary/aromatic N) is 3. The molecule has 1 atom stereocenters. The number of ether oxygens (including phenoxy) is 3. The van der Waals surface area contributed by atoms with Crippen molar-refractivity contribution < 1.29 is 22.6 Å². The van der Waals surface area contributed by atoms with Crippen LogP contribution in [0.15, 0.2) is 29.3 Å². The van der Waals surface area contributed by atoms with Crippen LogP contribution in [0.3, 0.4) is 0 Å². The van der Waals surface area contributed by atoms with Crippen molar-refractivity contribution in [2.75, 3.05) is 34.4 Å². The van der Waals surface area contributed by atoms with Gasteiger partial charge in [-0.3, -0.25) is 0 Å². The molecule has 0 amide bonds. The Labute approximate surface area is 172 Å². The van der Waals surface area contributed by atoms with Crippen molar-refractivity contribution in [2.24, 2.45) is 5.92 Å². The summed E-state index contributed by atoms with van der Waals surface area (Å²) < 4.78 is 46.2. The Kier molecular flexibility index (Phi) is 6.81. The van der Waals surface area contributed by atoms with Crippen LogP contribution in [0.5, 0.6) is 11.5 Å². The van der Waals surface area contributed by atoms with E-state index in [9.17, 15) is 8.42 Å². The molecule has 2 heterocycles. The Hall–Kier alpha value is -2.10. The maximum atomic E-state index is 13.4. The van der Waals surface area contributed by atoms with E-state index in [-0.39, 0.29) is 10.8 Å². The molecule has 0 saturated carbocycles. The maximum Gasteiger partial charge on any atom is 0.246 e. The van der Waals surface area contributed by atoms with E-state index < -0.39 is 10.0 Å². The summed E-state index contributed by atoms with van der Waals surface area (Å²) in [5.41, 5.74) is 1.05. The van der Waals surface area contributed by atoms with Crippen LogP contribution in [0.4, 0.5) is 0 Å². The lowest BCUT2D eigenvalue weighted by atomic mass is 9.99. The maximum absolute atomic E-state index is 13.4. The Morgan fingerprint density at radius 2 is 2.00 bits per heavy atom. The molecule has 0 aliphatic carbocycles. The van der Waals surface area contributed by atoms with Crippen LogP contribution < -0.4 is 9.47 Å². The molecule has 1 unspecified atom stereocenters. The van der Waals surface area contributed by atoms with Crippen LogP contribution in [-0.4, -0.2) is 56.7 Å².